The number of carbonyl (C=O) groups excluding carboxylic acids is 1. The minimum Gasteiger partial charge on any atom is -0.497 e. The zero-order chi connectivity index (χ0) is 23.8. The number of nitrogens with zero attached hydrogens (tertiary/aromatic N) is 5. The number of carbonyl (C=O) groups is 1. The van der Waals surface area contributed by atoms with Crippen LogP contribution in [0.1, 0.15) is 16.8 Å². The number of hydrogen-bond donors (Lipinski definition) is 0. The Bertz CT molecular complexity index is 1350. The van der Waals surface area contributed by atoms with E-state index in [-0.39, 0.29) is 5.91 Å². The van der Waals surface area contributed by atoms with Gasteiger partial charge in [-0.25, -0.2) is 4.31 Å². The van der Waals surface area contributed by atoms with Crippen molar-refractivity contribution in [3.05, 3.63) is 76.6 Å². The molecule has 3 heterocycles. The highest BCUT2D eigenvalue weighted by atomic mass is 35.5. The van der Waals surface area contributed by atoms with Crippen LogP contribution in [0.25, 0.3) is 16.7 Å². The van der Waals surface area contributed by atoms with E-state index in [0.29, 0.717) is 13.1 Å². The fourth-order valence-corrected chi connectivity index (χ4v) is 5.55. The Balaban J connectivity index is 1.30. The number of rotatable bonds is 7. The summed E-state index contributed by atoms with van der Waals surface area (Å²) in [5.74, 6) is 1.98. The SMILES string of the molecule is COc1ccc(CN2SN(CCc3c(C)nn(C)c3-n3ccc4cc(Cl)ccc43)CC2=O)cc1. The minimum atomic E-state index is 0.122. The highest BCUT2D eigenvalue weighted by molar-refractivity contribution is 7.95. The Morgan fingerprint density at radius 2 is 1.94 bits per heavy atom. The molecule has 0 atom stereocenters. The Labute approximate surface area is 208 Å². The maximum Gasteiger partial charge on any atom is 0.248 e. The molecule has 5 rings (SSSR count). The number of fused-ring (bicyclic) bond motifs is 1. The van der Waals surface area contributed by atoms with E-state index < -0.39 is 0 Å². The van der Waals surface area contributed by atoms with E-state index in [0.717, 1.165) is 51.7 Å². The molecule has 0 radical (unpaired) electrons. The Hall–Kier alpha value is -2.94. The summed E-state index contributed by atoms with van der Waals surface area (Å²) >= 11 is 7.68. The van der Waals surface area contributed by atoms with Crippen LogP contribution in [0.5, 0.6) is 5.75 Å². The van der Waals surface area contributed by atoms with Gasteiger partial charge < -0.3 is 9.30 Å². The topological polar surface area (TPSA) is 55.5 Å². The number of amides is 1. The molecule has 1 fully saturated rings. The first-order chi connectivity index (χ1) is 16.4. The molecule has 1 aliphatic rings. The zero-order valence-corrected chi connectivity index (χ0v) is 20.9. The van der Waals surface area contributed by atoms with Crippen molar-refractivity contribution in [2.75, 3.05) is 20.2 Å². The molecule has 1 amide bonds. The molecule has 176 valence electrons. The second-order valence-corrected chi connectivity index (χ2v) is 9.93. The minimum absolute atomic E-state index is 0.122. The molecule has 0 N–H and O–H groups in total. The van der Waals surface area contributed by atoms with E-state index in [1.54, 1.807) is 7.11 Å². The summed E-state index contributed by atoms with van der Waals surface area (Å²) in [5, 5.41) is 6.51. The average Bonchev–Trinajstić information content (AvgIpc) is 3.47. The van der Waals surface area contributed by atoms with Crippen molar-refractivity contribution in [3.8, 4) is 11.6 Å². The van der Waals surface area contributed by atoms with Gasteiger partial charge in [0.2, 0.25) is 5.91 Å². The number of aryl methyl sites for hydroxylation is 2. The van der Waals surface area contributed by atoms with Crippen LogP contribution in [0.3, 0.4) is 0 Å². The van der Waals surface area contributed by atoms with E-state index >= 15 is 0 Å². The Morgan fingerprint density at radius 1 is 1.15 bits per heavy atom. The van der Waals surface area contributed by atoms with Crippen LogP contribution in [0.15, 0.2) is 54.7 Å². The lowest BCUT2D eigenvalue weighted by molar-refractivity contribution is -0.124. The van der Waals surface area contributed by atoms with Gasteiger partial charge in [-0.3, -0.25) is 13.8 Å². The van der Waals surface area contributed by atoms with Crippen LogP contribution in [0.2, 0.25) is 5.02 Å². The lowest BCUT2D eigenvalue weighted by Crippen LogP contribution is -2.21. The summed E-state index contributed by atoms with van der Waals surface area (Å²) in [6.45, 7) is 3.76. The summed E-state index contributed by atoms with van der Waals surface area (Å²) < 4.78 is 13.3. The number of halogens is 1. The van der Waals surface area contributed by atoms with Gasteiger partial charge >= 0.3 is 0 Å². The molecule has 1 saturated heterocycles. The van der Waals surface area contributed by atoms with E-state index in [4.69, 9.17) is 21.4 Å². The zero-order valence-electron chi connectivity index (χ0n) is 19.4. The fourth-order valence-electron chi connectivity index (χ4n) is 4.40. The fraction of sp³-hybridized carbons (Fsp3) is 0.280. The Kier molecular flexibility index (Phi) is 6.29. The van der Waals surface area contributed by atoms with Gasteiger partial charge in [-0.2, -0.15) is 5.10 Å². The van der Waals surface area contributed by atoms with Crippen molar-refractivity contribution in [2.45, 2.75) is 19.9 Å². The number of aromatic nitrogens is 3. The molecule has 2 aromatic heterocycles. The van der Waals surface area contributed by atoms with Crippen molar-refractivity contribution < 1.29 is 9.53 Å². The second-order valence-electron chi connectivity index (χ2n) is 8.37. The molecule has 0 spiro atoms. The highest BCUT2D eigenvalue weighted by Gasteiger charge is 2.29. The van der Waals surface area contributed by atoms with Crippen LogP contribution in [-0.4, -0.2) is 49.1 Å². The molecule has 7 nitrogen and oxygen atoms in total. The standard InChI is InChI=1S/C25H26ClN5O2S/c1-17-22(25(28(2)27-17)30-13-10-19-14-20(26)6-9-23(19)30)11-12-29-16-24(32)31(34-29)15-18-4-7-21(33-3)8-5-18/h4-10,13-14H,11-12,15-16H2,1-3H3. The summed E-state index contributed by atoms with van der Waals surface area (Å²) in [6.07, 6.45) is 2.85. The summed E-state index contributed by atoms with van der Waals surface area (Å²) in [6, 6.07) is 15.8. The van der Waals surface area contributed by atoms with Crippen molar-refractivity contribution in [1.29, 1.82) is 0 Å². The molecular weight excluding hydrogens is 470 g/mol. The van der Waals surface area contributed by atoms with Crippen LogP contribution in [0.4, 0.5) is 0 Å². The van der Waals surface area contributed by atoms with Gasteiger partial charge in [-0.1, -0.05) is 23.7 Å². The van der Waals surface area contributed by atoms with Gasteiger partial charge in [0.15, 0.2) is 0 Å². The summed E-state index contributed by atoms with van der Waals surface area (Å²) in [7, 11) is 3.62. The molecule has 0 saturated carbocycles. The van der Waals surface area contributed by atoms with E-state index in [2.05, 4.69) is 21.1 Å². The average molecular weight is 496 g/mol. The first kappa shape index (κ1) is 22.8. The second kappa shape index (κ2) is 9.37. The quantitative estimate of drug-likeness (QED) is 0.345. The molecule has 0 unspecified atom stereocenters. The number of hydrogen-bond acceptors (Lipinski definition) is 5. The summed E-state index contributed by atoms with van der Waals surface area (Å²) in [4.78, 5) is 12.6. The van der Waals surface area contributed by atoms with E-state index in [1.165, 1.54) is 17.7 Å². The highest BCUT2D eigenvalue weighted by Crippen LogP contribution is 2.30. The lowest BCUT2D eigenvalue weighted by atomic mass is 10.1. The molecular formula is C25H26ClN5O2S. The van der Waals surface area contributed by atoms with Crippen LogP contribution < -0.4 is 4.74 Å². The van der Waals surface area contributed by atoms with Gasteiger partial charge in [-0.05, 0) is 55.3 Å². The molecule has 9 heteroatoms. The Morgan fingerprint density at radius 3 is 2.71 bits per heavy atom. The largest absolute Gasteiger partial charge is 0.497 e. The number of methoxy groups -OCH3 is 1. The van der Waals surface area contributed by atoms with Crippen LogP contribution >= 0.6 is 23.7 Å². The monoisotopic (exact) mass is 495 g/mol. The maximum absolute atomic E-state index is 12.6. The third-order valence-corrected chi connectivity index (χ3v) is 7.40. The van der Waals surface area contributed by atoms with E-state index in [1.807, 2.05) is 65.4 Å². The smallest absolute Gasteiger partial charge is 0.248 e. The number of ether oxygens (including phenoxy) is 1. The van der Waals surface area contributed by atoms with Crippen molar-refractivity contribution in [1.82, 2.24) is 23.0 Å². The normalized spacial score (nSPS) is 14.5. The third-order valence-electron chi connectivity index (χ3n) is 6.09. The molecule has 4 aromatic rings. The predicted octanol–water partition coefficient (Wildman–Crippen LogP) is 4.78. The molecule has 0 bridgehead atoms. The van der Waals surface area contributed by atoms with Gasteiger partial charge in [0, 0.05) is 47.9 Å². The van der Waals surface area contributed by atoms with Gasteiger partial charge in [0.05, 0.1) is 31.4 Å². The van der Waals surface area contributed by atoms with Crippen molar-refractivity contribution in [2.24, 2.45) is 7.05 Å². The molecule has 2 aromatic carbocycles. The third kappa shape index (κ3) is 4.41. The van der Waals surface area contributed by atoms with Crippen LogP contribution in [0, 0.1) is 6.92 Å². The number of benzene rings is 2. The van der Waals surface area contributed by atoms with Gasteiger partial charge in [0.1, 0.15) is 11.6 Å². The summed E-state index contributed by atoms with van der Waals surface area (Å²) in [5.41, 5.74) is 4.34. The molecule has 34 heavy (non-hydrogen) atoms. The first-order valence-corrected chi connectivity index (χ1v) is 12.2. The predicted molar refractivity (Wildman–Crippen MR) is 136 cm³/mol. The lowest BCUT2D eigenvalue weighted by Gasteiger charge is -2.17. The molecule has 0 aliphatic carbocycles. The van der Waals surface area contributed by atoms with Gasteiger partial charge in [-0.15, -0.1) is 0 Å². The van der Waals surface area contributed by atoms with E-state index in [9.17, 15) is 4.79 Å². The van der Waals surface area contributed by atoms with Gasteiger partial charge in [0.25, 0.3) is 0 Å². The van der Waals surface area contributed by atoms with Crippen molar-refractivity contribution >= 4 is 40.5 Å². The van der Waals surface area contributed by atoms with Crippen LogP contribution in [-0.2, 0) is 24.8 Å². The van der Waals surface area contributed by atoms with Crippen molar-refractivity contribution in [3.63, 3.8) is 0 Å². The maximum atomic E-state index is 12.6. The molecule has 1 aliphatic heterocycles. The first-order valence-electron chi connectivity index (χ1n) is 11.1.